The van der Waals surface area contributed by atoms with Crippen molar-refractivity contribution >= 4 is 33.4 Å². The van der Waals surface area contributed by atoms with E-state index >= 15 is 0 Å². The Morgan fingerprint density at radius 1 is 1.19 bits per heavy atom. The molecular weight excluding hydrogens is 396 g/mol. The molecule has 0 aliphatic rings. The van der Waals surface area contributed by atoms with Gasteiger partial charge in [-0.25, -0.2) is 9.78 Å². The second kappa shape index (κ2) is 8.54. The lowest BCUT2D eigenvalue weighted by Crippen LogP contribution is -2.16. The number of anilines is 2. The summed E-state index contributed by atoms with van der Waals surface area (Å²) in [6.45, 7) is 9.86. The number of nitrogens with zero attached hydrogens (tertiary/aromatic N) is 1. The molecular formula is C20H25BrN2O3. The number of ether oxygens (including phenoxy) is 1. The van der Waals surface area contributed by atoms with Crippen molar-refractivity contribution in [3.63, 3.8) is 0 Å². The van der Waals surface area contributed by atoms with Crippen LogP contribution in [0.5, 0.6) is 5.75 Å². The fourth-order valence-corrected chi connectivity index (χ4v) is 3.51. The van der Waals surface area contributed by atoms with Gasteiger partial charge in [-0.3, -0.25) is 0 Å². The van der Waals surface area contributed by atoms with Gasteiger partial charge < -0.3 is 15.2 Å². The number of halogens is 1. The van der Waals surface area contributed by atoms with Crippen LogP contribution in [0.1, 0.15) is 53.9 Å². The SMILES string of the molecule is CCC(CC)Oc1cc(C(=O)O)c(Nc2c(C)cc(Br)cc2C)nc1C. The Labute approximate surface area is 162 Å². The van der Waals surface area contributed by atoms with E-state index in [1.807, 2.05) is 46.8 Å². The molecule has 0 amide bonds. The number of aryl methyl sites for hydroxylation is 3. The Morgan fingerprint density at radius 2 is 1.77 bits per heavy atom. The minimum absolute atomic E-state index is 0.0481. The van der Waals surface area contributed by atoms with E-state index in [1.54, 1.807) is 6.07 Å². The summed E-state index contributed by atoms with van der Waals surface area (Å²) in [5, 5.41) is 12.8. The Hall–Kier alpha value is -2.08. The van der Waals surface area contributed by atoms with Gasteiger partial charge in [0.1, 0.15) is 17.1 Å². The van der Waals surface area contributed by atoms with Crippen LogP contribution in [0.3, 0.4) is 0 Å². The summed E-state index contributed by atoms with van der Waals surface area (Å²) in [5.74, 6) is -0.201. The number of nitrogens with one attached hydrogen (secondary N) is 1. The number of carboxylic acid groups (broad SMARTS) is 1. The van der Waals surface area contributed by atoms with Gasteiger partial charge in [-0.05, 0) is 56.9 Å². The van der Waals surface area contributed by atoms with E-state index in [9.17, 15) is 9.90 Å². The first-order valence-corrected chi connectivity index (χ1v) is 9.51. The number of aromatic nitrogens is 1. The largest absolute Gasteiger partial charge is 0.489 e. The highest BCUT2D eigenvalue weighted by molar-refractivity contribution is 9.10. The molecule has 0 atom stereocenters. The number of hydrogen-bond acceptors (Lipinski definition) is 4. The van der Waals surface area contributed by atoms with Crippen LogP contribution in [0.15, 0.2) is 22.7 Å². The zero-order chi connectivity index (χ0) is 19.4. The lowest BCUT2D eigenvalue weighted by Gasteiger charge is -2.20. The Kier molecular flexibility index (Phi) is 6.64. The van der Waals surface area contributed by atoms with Crippen LogP contribution in [-0.4, -0.2) is 22.2 Å². The Bertz CT molecular complexity index is 794. The van der Waals surface area contributed by atoms with Gasteiger partial charge in [0.2, 0.25) is 0 Å². The standard InChI is InChI=1S/C20H25BrN2O3/c1-6-15(7-2)26-17-10-16(20(24)25)19(22-13(17)5)23-18-11(3)8-14(21)9-12(18)4/h8-10,15H,6-7H2,1-5H3,(H,22,23)(H,24,25). The van der Waals surface area contributed by atoms with Crippen molar-refractivity contribution in [3.05, 3.63) is 45.1 Å². The minimum Gasteiger partial charge on any atom is -0.489 e. The zero-order valence-electron chi connectivity index (χ0n) is 15.8. The van der Waals surface area contributed by atoms with Crippen LogP contribution < -0.4 is 10.1 Å². The molecule has 2 rings (SSSR count). The van der Waals surface area contributed by atoms with Crippen molar-refractivity contribution in [2.75, 3.05) is 5.32 Å². The molecule has 0 aliphatic carbocycles. The van der Waals surface area contributed by atoms with E-state index in [1.165, 1.54) is 0 Å². The van der Waals surface area contributed by atoms with Gasteiger partial charge in [-0.2, -0.15) is 0 Å². The summed E-state index contributed by atoms with van der Waals surface area (Å²) in [7, 11) is 0. The van der Waals surface area contributed by atoms with Crippen LogP contribution in [0.25, 0.3) is 0 Å². The van der Waals surface area contributed by atoms with E-state index in [2.05, 4.69) is 26.2 Å². The molecule has 1 aromatic carbocycles. The van der Waals surface area contributed by atoms with Crippen LogP contribution in [0, 0.1) is 20.8 Å². The highest BCUT2D eigenvalue weighted by Gasteiger charge is 2.19. The number of aromatic carboxylic acids is 1. The number of pyridine rings is 1. The van der Waals surface area contributed by atoms with Crippen molar-refractivity contribution in [1.29, 1.82) is 0 Å². The Morgan fingerprint density at radius 3 is 2.27 bits per heavy atom. The molecule has 2 N–H and O–H groups in total. The molecule has 0 unspecified atom stereocenters. The van der Waals surface area contributed by atoms with Gasteiger partial charge >= 0.3 is 5.97 Å². The quantitative estimate of drug-likeness (QED) is 0.593. The van der Waals surface area contributed by atoms with Crippen molar-refractivity contribution in [2.45, 2.75) is 53.6 Å². The number of carboxylic acids is 1. The molecule has 26 heavy (non-hydrogen) atoms. The predicted molar refractivity (Wildman–Crippen MR) is 108 cm³/mol. The highest BCUT2D eigenvalue weighted by atomic mass is 79.9. The number of rotatable bonds is 7. The third kappa shape index (κ3) is 4.55. The average Bonchev–Trinajstić information content (AvgIpc) is 2.56. The second-order valence-electron chi connectivity index (χ2n) is 6.37. The molecule has 2 aromatic rings. The van der Waals surface area contributed by atoms with Crippen LogP contribution in [0.2, 0.25) is 0 Å². The van der Waals surface area contributed by atoms with Gasteiger partial charge in [0, 0.05) is 16.2 Å². The number of carbonyl (C=O) groups is 1. The topological polar surface area (TPSA) is 71.5 Å². The lowest BCUT2D eigenvalue weighted by atomic mass is 10.1. The Balaban J connectivity index is 2.46. The molecule has 0 aliphatic heterocycles. The number of hydrogen-bond donors (Lipinski definition) is 2. The molecule has 0 fully saturated rings. The third-order valence-corrected chi connectivity index (χ3v) is 4.80. The summed E-state index contributed by atoms with van der Waals surface area (Å²) in [5.41, 5.74) is 3.63. The summed E-state index contributed by atoms with van der Waals surface area (Å²) in [4.78, 5) is 16.3. The maximum absolute atomic E-state index is 11.8. The molecule has 1 aromatic heterocycles. The molecule has 0 saturated heterocycles. The van der Waals surface area contributed by atoms with Crippen LogP contribution >= 0.6 is 15.9 Å². The predicted octanol–water partition coefficient (Wildman–Crippen LogP) is 5.78. The van der Waals surface area contributed by atoms with Crippen molar-refractivity contribution in [2.24, 2.45) is 0 Å². The summed E-state index contributed by atoms with van der Waals surface area (Å²) in [6, 6.07) is 5.52. The normalized spacial score (nSPS) is 10.9. The molecule has 5 nitrogen and oxygen atoms in total. The molecule has 0 bridgehead atoms. The van der Waals surface area contributed by atoms with Gasteiger partial charge in [-0.1, -0.05) is 29.8 Å². The summed E-state index contributed by atoms with van der Waals surface area (Å²) in [6.07, 6.45) is 1.76. The van der Waals surface area contributed by atoms with Crippen LogP contribution in [0.4, 0.5) is 11.5 Å². The minimum atomic E-state index is -1.04. The number of benzene rings is 1. The van der Waals surface area contributed by atoms with Crippen molar-refractivity contribution in [3.8, 4) is 5.75 Å². The van der Waals surface area contributed by atoms with Gasteiger partial charge in [0.15, 0.2) is 0 Å². The summed E-state index contributed by atoms with van der Waals surface area (Å²) >= 11 is 3.47. The van der Waals surface area contributed by atoms with Gasteiger partial charge in [0.05, 0.1) is 11.8 Å². The van der Waals surface area contributed by atoms with Crippen molar-refractivity contribution in [1.82, 2.24) is 4.98 Å². The molecule has 140 valence electrons. The fraction of sp³-hybridized carbons (Fsp3) is 0.400. The highest BCUT2D eigenvalue weighted by Crippen LogP contribution is 2.31. The molecule has 6 heteroatoms. The van der Waals surface area contributed by atoms with E-state index in [-0.39, 0.29) is 11.7 Å². The molecule has 0 radical (unpaired) electrons. The van der Waals surface area contributed by atoms with E-state index in [4.69, 9.17) is 4.74 Å². The third-order valence-electron chi connectivity index (χ3n) is 4.34. The maximum atomic E-state index is 11.8. The van der Waals surface area contributed by atoms with E-state index < -0.39 is 5.97 Å². The second-order valence-corrected chi connectivity index (χ2v) is 7.28. The van der Waals surface area contributed by atoms with E-state index in [0.29, 0.717) is 17.3 Å². The zero-order valence-corrected chi connectivity index (χ0v) is 17.4. The first kappa shape index (κ1) is 20.2. The monoisotopic (exact) mass is 420 g/mol. The smallest absolute Gasteiger partial charge is 0.339 e. The molecule has 0 saturated carbocycles. The first-order valence-electron chi connectivity index (χ1n) is 8.72. The summed E-state index contributed by atoms with van der Waals surface area (Å²) < 4.78 is 6.92. The average molecular weight is 421 g/mol. The van der Waals surface area contributed by atoms with Crippen molar-refractivity contribution < 1.29 is 14.6 Å². The van der Waals surface area contributed by atoms with E-state index in [0.717, 1.165) is 34.1 Å². The fourth-order valence-electron chi connectivity index (χ4n) is 2.83. The first-order chi connectivity index (χ1) is 12.3. The van der Waals surface area contributed by atoms with Gasteiger partial charge in [0.25, 0.3) is 0 Å². The maximum Gasteiger partial charge on any atom is 0.339 e. The lowest BCUT2D eigenvalue weighted by molar-refractivity contribution is 0.0696. The van der Waals surface area contributed by atoms with Crippen LogP contribution in [-0.2, 0) is 0 Å². The molecule has 0 spiro atoms. The van der Waals surface area contributed by atoms with Gasteiger partial charge in [-0.15, -0.1) is 0 Å². The molecule has 1 heterocycles.